The Balaban J connectivity index is 1.68. The number of rotatable bonds is 19. The van der Waals surface area contributed by atoms with E-state index in [0.29, 0.717) is 73.8 Å². The molecule has 0 unspecified atom stereocenters. The van der Waals surface area contributed by atoms with Crippen molar-refractivity contribution in [1.82, 2.24) is 41.3 Å². The monoisotopic (exact) mass is 973 g/mol. The lowest BCUT2D eigenvalue weighted by Crippen LogP contribution is -2.61. The first-order chi connectivity index (χ1) is 32.0. The molecule has 7 amide bonds. The largest absolute Gasteiger partial charge is 0.379 e. The Hall–Kier alpha value is -4.43. The van der Waals surface area contributed by atoms with E-state index in [4.69, 9.17) is 34.4 Å². The summed E-state index contributed by atoms with van der Waals surface area (Å²) >= 11 is 12.9. The van der Waals surface area contributed by atoms with E-state index in [-0.39, 0.29) is 57.0 Å². The van der Waals surface area contributed by atoms with Gasteiger partial charge in [-0.2, -0.15) is 0 Å². The molecule has 0 bridgehead atoms. The highest BCUT2D eigenvalue weighted by atomic mass is 35.5. The zero-order valence-electron chi connectivity index (χ0n) is 40.4. The van der Waals surface area contributed by atoms with Gasteiger partial charge in [0.1, 0.15) is 41.7 Å². The standard InChI is InChI=1S/C49H74Cl2N8O8/c1-8-16-37-42(60)52-23-14-12-18-40(44(62)55-39(29-32(5)6)46(64)57(7)41(45(63)53-37)31-33-30-34(50)19-20-35(33)51)59(11-4)47(65)38(17-13-15-24-58-25-27-67-28-26-58)54-43(61)36(9-2)56-48(66)49(10-3)21-22-49/h3,19-20,30,32,36-41H,8-9,11-18,21-29,31H2,1-2,4-7H3,(H,52,60)(H,53,63)(H,54,61)(H,55,62)(H,56,66)/t36-,37+,38-,39-,40-,41-/m0/s1. The quantitative estimate of drug-likeness (QED) is 0.101. The van der Waals surface area contributed by atoms with E-state index in [1.165, 1.54) is 16.8 Å². The number of benzene rings is 1. The average Bonchev–Trinajstić information content (AvgIpc) is 4.12. The fourth-order valence-electron chi connectivity index (χ4n) is 8.70. The zero-order valence-corrected chi connectivity index (χ0v) is 41.9. The first kappa shape index (κ1) is 55.2. The van der Waals surface area contributed by atoms with E-state index in [9.17, 15) is 33.6 Å². The smallest absolute Gasteiger partial charge is 0.245 e. The van der Waals surface area contributed by atoms with Gasteiger partial charge in [-0.05, 0) is 114 Å². The first-order valence-electron chi connectivity index (χ1n) is 24.3. The van der Waals surface area contributed by atoms with Gasteiger partial charge in [-0.1, -0.05) is 63.2 Å². The summed E-state index contributed by atoms with van der Waals surface area (Å²) < 4.78 is 5.50. The highest BCUT2D eigenvalue weighted by Crippen LogP contribution is 2.45. The Kier molecular flexibility index (Phi) is 22.2. The molecule has 2 saturated heterocycles. The predicted octanol–water partition coefficient (Wildman–Crippen LogP) is 3.99. The third-order valence-electron chi connectivity index (χ3n) is 13.0. The van der Waals surface area contributed by atoms with E-state index in [1.807, 2.05) is 20.8 Å². The summed E-state index contributed by atoms with van der Waals surface area (Å²) in [5.41, 5.74) is -0.420. The van der Waals surface area contributed by atoms with Crippen LogP contribution in [0.4, 0.5) is 0 Å². The number of ether oxygens (including phenoxy) is 1. The number of unbranched alkanes of at least 4 members (excludes halogenated alkanes) is 1. The van der Waals surface area contributed by atoms with Crippen molar-refractivity contribution in [2.24, 2.45) is 11.3 Å². The summed E-state index contributed by atoms with van der Waals surface area (Å²) in [4.78, 5) is 105. The molecule has 1 aliphatic carbocycles. The predicted molar refractivity (Wildman–Crippen MR) is 259 cm³/mol. The molecule has 5 N–H and O–H groups in total. The fourth-order valence-corrected chi connectivity index (χ4v) is 9.09. The number of terminal acetylenes is 1. The van der Waals surface area contributed by atoms with Crippen LogP contribution in [0.25, 0.3) is 0 Å². The first-order valence-corrected chi connectivity index (χ1v) is 25.0. The van der Waals surface area contributed by atoms with Crippen molar-refractivity contribution in [2.75, 3.05) is 53.0 Å². The van der Waals surface area contributed by atoms with Gasteiger partial charge in [0.25, 0.3) is 0 Å². The Morgan fingerprint density at radius 1 is 0.955 bits per heavy atom. The molecule has 67 heavy (non-hydrogen) atoms. The number of hydrogen-bond acceptors (Lipinski definition) is 9. The minimum absolute atomic E-state index is 0.0378. The van der Waals surface area contributed by atoms with Crippen molar-refractivity contribution < 1.29 is 38.3 Å². The maximum atomic E-state index is 15.0. The highest BCUT2D eigenvalue weighted by Gasteiger charge is 2.49. The third-order valence-corrected chi connectivity index (χ3v) is 13.6. The number of amides is 7. The van der Waals surface area contributed by atoms with Crippen LogP contribution in [0.3, 0.4) is 0 Å². The fraction of sp³-hybridized carbons (Fsp3) is 0.694. The number of nitrogens with one attached hydrogen (secondary N) is 5. The molecule has 3 fully saturated rings. The second-order valence-electron chi connectivity index (χ2n) is 18.5. The van der Waals surface area contributed by atoms with Gasteiger partial charge in [0.2, 0.25) is 41.4 Å². The summed E-state index contributed by atoms with van der Waals surface area (Å²) in [5.74, 6) is -0.995. The molecule has 372 valence electrons. The van der Waals surface area contributed by atoms with Gasteiger partial charge < -0.3 is 41.1 Å². The minimum atomic E-state index is -1.16. The van der Waals surface area contributed by atoms with Gasteiger partial charge in [0, 0.05) is 49.7 Å². The minimum Gasteiger partial charge on any atom is -0.379 e. The van der Waals surface area contributed by atoms with Gasteiger partial charge in [-0.3, -0.25) is 38.5 Å². The van der Waals surface area contributed by atoms with Crippen LogP contribution in [-0.2, 0) is 44.7 Å². The van der Waals surface area contributed by atoms with Crippen LogP contribution < -0.4 is 26.6 Å². The van der Waals surface area contributed by atoms with Crippen molar-refractivity contribution in [2.45, 2.75) is 154 Å². The Morgan fingerprint density at radius 3 is 2.28 bits per heavy atom. The van der Waals surface area contributed by atoms with Gasteiger partial charge in [-0.15, -0.1) is 6.42 Å². The second kappa shape index (κ2) is 26.9. The topological polar surface area (TPSA) is 199 Å². The summed E-state index contributed by atoms with van der Waals surface area (Å²) in [6.45, 7) is 13.3. The van der Waals surface area contributed by atoms with Crippen LogP contribution in [0.2, 0.25) is 10.0 Å². The lowest BCUT2D eigenvalue weighted by molar-refractivity contribution is -0.146. The number of carbonyl (C=O) groups is 7. The lowest BCUT2D eigenvalue weighted by Gasteiger charge is -2.36. The van der Waals surface area contributed by atoms with Gasteiger partial charge in [-0.25, -0.2) is 0 Å². The van der Waals surface area contributed by atoms with Crippen molar-refractivity contribution in [1.29, 1.82) is 0 Å². The Labute approximate surface area is 407 Å². The molecular weight excluding hydrogens is 899 g/mol. The molecule has 16 nitrogen and oxygen atoms in total. The number of nitrogens with zero attached hydrogens (tertiary/aromatic N) is 3. The van der Waals surface area contributed by atoms with Gasteiger partial charge >= 0.3 is 0 Å². The van der Waals surface area contributed by atoms with Crippen LogP contribution >= 0.6 is 23.2 Å². The van der Waals surface area contributed by atoms with Gasteiger partial charge in [0.15, 0.2) is 0 Å². The molecule has 0 spiro atoms. The molecule has 4 rings (SSSR count). The van der Waals surface area contributed by atoms with Crippen LogP contribution in [0.15, 0.2) is 18.2 Å². The molecule has 2 heterocycles. The Morgan fingerprint density at radius 2 is 1.66 bits per heavy atom. The van der Waals surface area contributed by atoms with Crippen LogP contribution in [-0.4, -0.2) is 145 Å². The highest BCUT2D eigenvalue weighted by molar-refractivity contribution is 6.33. The Bertz CT molecular complexity index is 1920. The molecule has 0 radical (unpaired) electrons. The number of likely N-dealkylation sites (N-methyl/N-ethyl adjacent to an activating group) is 2. The lowest BCUT2D eigenvalue weighted by atomic mass is 9.98. The number of morpholine rings is 1. The van der Waals surface area contributed by atoms with E-state index >= 15 is 0 Å². The zero-order chi connectivity index (χ0) is 49.3. The second-order valence-corrected chi connectivity index (χ2v) is 19.4. The van der Waals surface area contributed by atoms with Crippen molar-refractivity contribution in [3.63, 3.8) is 0 Å². The van der Waals surface area contributed by atoms with Crippen molar-refractivity contribution in [3.05, 3.63) is 33.8 Å². The van der Waals surface area contributed by atoms with Gasteiger partial charge in [0.05, 0.1) is 13.2 Å². The molecule has 0 aromatic heterocycles. The maximum absolute atomic E-state index is 15.0. The molecule has 2 aliphatic heterocycles. The van der Waals surface area contributed by atoms with E-state index in [0.717, 1.165) is 26.1 Å². The van der Waals surface area contributed by atoms with Crippen LogP contribution in [0, 0.1) is 23.7 Å². The molecule has 1 aromatic carbocycles. The summed E-state index contributed by atoms with van der Waals surface area (Å²) in [6.07, 6.45) is 10.7. The molecule has 6 atom stereocenters. The normalized spacial score (nSPS) is 23.0. The molecule has 3 aliphatic rings. The van der Waals surface area contributed by atoms with E-state index < -0.39 is 77.1 Å². The molecule has 1 aromatic rings. The van der Waals surface area contributed by atoms with E-state index in [1.54, 1.807) is 32.0 Å². The van der Waals surface area contributed by atoms with Crippen molar-refractivity contribution in [3.8, 4) is 12.3 Å². The van der Waals surface area contributed by atoms with E-state index in [2.05, 4.69) is 37.4 Å². The molecule has 18 heteroatoms. The summed E-state index contributed by atoms with van der Waals surface area (Å²) in [5, 5.41) is 15.3. The summed E-state index contributed by atoms with van der Waals surface area (Å²) in [7, 11) is 1.48. The molecular formula is C49H74Cl2N8O8. The van der Waals surface area contributed by atoms with Crippen molar-refractivity contribution >= 4 is 64.6 Å². The number of halogens is 2. The summed E-state index contributed by atoms with van der Waals surface area (Å²) in [6, 6.07) is -1.38. The SMILES string of the molecule is C#CC1(C(=O)N[C@@H](CC)C(=O)N[C@@H](CCCCN2CCOCC2)C(=O)N(CC)[C@H]2CCCCNC(=O)[C@@H](CCC)NC(=O)[C@H](Cc3cc(Cl)ccc3Cl)N(C)C(=O)[C@H](CC(C)C)NC2=O)CC1. The number of hydrogen-bond donors (Lipinski definition) is 5. The average molecular weight is 974 g/mol. The maximum Gasteiger partial charge on any atom is 0.245 e. The third kappa shape index (κ3) is 16.1. The van der Waals surface area contributed by atoms with Crippen LogP contribution in [0.5, 0.6) is 0 Å². The number of carbonyl (C=O) groups excluding carboxylic acids is 7. The van der Waals surface area contributed by atoms with Crippen LogP contribution in [0.1, 0.15) is 117 Å². The molecule has 1 saturated carbocycles.